The van der Waals surface area contributed by atoms with E-state index in [0.717, 1.165) is 38.3 Å². The number of nitrogens with one attached hydrogen (secondary N) is 3. The van der Waals surface area contributed by atoms with Crippen molar-refractivity contribution >= 4 is 101 Å². The number of benzene rings is 9. The lowest BCUT2D eigenvalue weighted by Crippen LogP contribution is -2.13. The van der Waals surface area contributed by atoms with Crippen LogP contribution in [0.4, 0.5) is 34.1 Å². The molecular formula is C54H36ClN7O5. The molecule has 0 fully saturated rings. The largest absolute Gasteiger partial charge is 0.505 e. The summed E-state index contributed by atoms with van der Waals surface area (Å²) in [4.78, 5) is 37.1. The number of aromatic hydroxyl groups is 2. The van der Waals surface area contributed by atoms with Crippen molar-refractivity contribution in [3.05, 3.63) is 191 Å². The number of halogens is 1. The van der Waals surface area contributed by atoms with Crippen molar-refractivity contribution in [1.82, 2.24) is 4.98 Å². The maximum absolute atomic E-state index is 14.1. The monoisotopic (exact) mass is 897 g/mol. The molecular weight excluding hydrogens is 862 g/mol. The number of phenolic OH excluding ortho intramolecular Hbond substituents is 2. The number of aryl methyl sites for hydroxylation is 1. The molecule has 1 aliphatic rings. The predicted molar refractivity (Wildman–Crippen MR) is 263 cm³/mol. The van der Waals surface area contributed by atoms with Gasteiger partial charge in [-0.25, -0.2) is 0 Å². The number of hydrogen-bond acceptors (Lipinski definition) is 10. The molecule has 12 nitrogen and oxygen atoms in total. The number of aromatic amines is 1. The number of rotatable bonds is 10. The van der Waals surface area contributed by atoms with Crippen molar-refractivity contribution in [2.24, 2.45) is 20.5 Å². The lowest BCUT2D eigenvalue weighted by Gasteiger charge is -2.13. The third-order valence-electron chi connectivity index (χ3n) is 12.0. The number of carbonyl (C=O) groups excluding carboxylic acids is 2. The van der Waals surface area contributed by atoms with E-state index in [-0.39, 0.29) is 40.8 Å². The van der Waals surface area contributed by atoms with Gasteiger partial charge in [0.25, 0.3) is 5.91 Å². The van der Waals surface area contributed by atoms with Crippen molar-refractivity contribution in [3.8, 4) is 22.6 Å². The SMILES string of the molecule is Cc1ccccc1NC(=O)c1cc2ccc3c4ccccc4[nH]c3c2c(N=Nc2ccc3c(c2)C(=O)c2cc(N=Nc4c(O)c(CONc5ccccc5Cl)cc5ccccc45)ccc2-3)c1O. The molecule has 67 heavy (non-hydrogen) atoms. The Morgan fingerprint density at radius 1 is 0.627 bits per heavy atom. The fourth-order valence-electron chi connectivity index (χ4n) is 8.67. The lowest BCUT2D eigenvalue weighted by molar-refractivity contribution is 0.102. The summed E-state index contributed by atoms with van der Waals surface area (Å²) in [7, 11) is 0. The number of carbonyl (C=O) groups is 2. The molecule has 5 N–H and O–H groups in total. The first-order valence-corrected chi connectivity index (χ1v) is 21.7. The molecule has 324 valence electrons. The molecule has 0 unspecified atom stereocenters. The third-order valence-corrected chi connectivity index (χ3v) is 12.4. The third kappa shape index (κ3) is 7.36. The van der Waals surface area contributed by atoms with E-state index in [4.69, 9.17) is 16.4 Å². The standard InChI is InChI=1S/C54H36ClN7O5/c1-29-10-2-7-15-44(29)57-54(66)42-25-31-18-21-39-38-13-5-8-16-45(38)56-48(39)47(31)50(53(42)65)61-59-34-20-23-37-36-22-19-33(26-40(36)52(64)41(37)27-34)58-60-49-35-12-4-3-11-30(35)24-32(51(49)63)28-67-62-46-17-9-6-14-43(46)55/h2-27,56,62-63,65H,28H2,1H3,(H,57,66). The van der Waals surface area contributed by atoms with Crippen LogP contribution in [0.15, 0.2) is 178 Å². The first kappa shape index (κ1) is 41.0. The summed E-state index contributed by atoms with van der Waals surface area (Å²) < 4.78 is 0. The molecule has 0 saturated heterocycles. The molecule has 0 aliphatic heterocycles. The van der Waals surface area contributed by atoms with Gasteiger partial charge in [-0.1, -0.05) is 109 Å². The number of H-pyrrole nitrogens is 1. The molecule has 0 spiro atoms. The van der Waals surface area contributed by atoms with Gasteiger partial charge in [-0.05, 0) is 95.1 Å². The summed E-state index contributed by atoms with van der Waals surface area (Å²) in [5.41, 5.74) is 10.4. The minimum Gasteiger partial charge on any atom is -0.505 e. The number of para-hydroxylation sites is 3. The summed E-state index contributed by atoms with van der Waals surface area (Å²) >= 11 is 6.26. The molecule has 11 rings (SSSR count). The molecule has 1 aliphatic carbocycles. The predicted octanol–water partition coefficient (Wildman–Crippen LogP) is 14.8. The molecule has 0 radical (unpaired) electrons. The summed E-state index contributed by atoms with van der Waals surface area (Å²) in [6, 6.07) is 47.8. The zero-order valence-electron chi connectivity index (χ0n) is 35.5. The maximum atomic E-state index is 14.1. The molecule has 13 heteroatoms. The smallest absolute Gasteiger partial charge is 0.259 e. The van der Waals surface area contributed by atoms with E-state index < -0.39 is 5.91 Å². The van der Waals surface area contributed by atoms with Crippen LogP contribution in [0.3, 0.4) is 0 Å². The molecule has 0 saturated carbocycles. The summed E-state index contributed by atoms with van der Waals surface area (Å²) in [5, 5.41) is 49.6. The lowest BCUT2D eigenvalue weighted by atomic mass is 10.00. The Morgan fingerprint density at radius 2 is 1.28 bits per heavy atom. The Bertz CT molecular complexity index is 3770. The van der Waals surface area contributed by atoms with E-state index >= 15 is 0 Å². The van der Waals surface area contributed by atoms with E-state index in [1.807, 2.05) is 116 Å². The maximum Gasteiger partial charge on any atom is 0.259 e. The molecule has 1 amide bonds. The van der Waals surface area contributed by atoms with Gasteiger partial charge in [0.1, 0.15) is 23.7 Å². The first-order valence-electron chi connectivity index (χ1n) is 21.3. The van der Waals surface area contributed by atoms with Crippen LogP contribution >= 0.6 is 11.6 Å². The van der Waals surface area contributed by atoms with Gasteiger partial charge < -0.3 is 20.5 Å². The number of phenols is 2. The van der Waals surface area contributed by atoms with Gasteiger partial charge in [-0.2, -0.15) is 10.2 Å². The van der Waals surface area contributed by atoms with Crippen LogP contribution < -0.4 is 10.8 Å². The van der Waals surface area contributed by atoms with Gasteiger partial charge in [0, 0.05) is 49.4 Å². The van der Waals surface area contributed by atoms with Crippen LogP contribution in [0.25, 0.3) is 54.5 Å². The minimum atomic E-state index is -0.506. The second-order valence-corrected chi connectivity index (χ2v) is 16.6. The molecule has 1 aromatic heterocycles. The zero-order valence-corrected chi connectivity index (χ0v) is 36.3. The Hall–Kier alpha value is -8.71. The van der Waals surface area contributed by atoms with Crippen LogP contribution in [0.2, 0.25) is 5.02 Å². The van der Waals surface area contributed by atoms with E-state index in [1.54, 1.807) is 48.5 Å². The number of azo groups is 2. The van der Waals surface area contributed by atoms with E-state index in [9.17, 15) is 19.8 Å². The average Bonchev–Trinajstić information content (AvgIpc) is 3.86. The topological polar surface area (TPSA) is 173 Å². The number of ketones is 1. The van der Waals surface area contributed by atoms with Gasteiger partial charge >= 0.3 is 0 Å². The van der Waals surface area contributed by atoms with Crippen LogP contribution in [0, 0.1) is 6.92 Å². The molecule has 10 aromatic rings. The van der Waals surface area contributed by atoms with Crippen LogP contribution in [-0.4, -0.2) is 26.9 Å². The fraction of sp³-hybridized carbons (Fsp3) is 0.0370. The van der Waals surface area contributed by atoms with Gasteiger partial charge in [0.15, 0.2) is 11.5 Å². The zero-order chi connectivity index (χ0) is 45.8. The van der Waals surface area contributed by atoms with E-state index in [1.165, 1.54) is 0 Å². The average molecular weight is 898 g/mol. The quantitative estimate of drug-likeness (QED) is 0.0675. The van der Waals surface area contributed by atoms with Gasteiger partial charge in [-0.3, -0.25) is 19.9 Å². The number of aromatic nitrogens is 1. The number of anilines is 2. The highest BCUT2D eigenvalue weighted by molar-refractivity contribution is 6.33. The minimum absolute atomic E-state index is 0.00132. The van der Waals surface area contributed by atoms with E-state index in [2.05, 4.69) is 36.2 Å². The van der Waals surface area contributed by atoms with Gasteiger partial charge in [-0.15, -0.1) is 10.2 Å². The molecule has 9 aromatic carbocycles. The highest BCUT2D eigenvalue weighted by atomic mass is 35.5. The highest BCUT2D eigenvalue weighted by Crippen LogP contribution is 2.46. The van der Waals surface area contributed by atoms with Crippen LogP contribution in [0.1, 0.15) is 37.4 Å². The number of hydrogen-bond donors (Lipinski definition) is 5. The number of fused-ring (bicyclic) bond motifs is 9. The Balaban J connectivity index is 0.906. The molecule has 0 bridgehead atoms. The summed E-state index contributed by atoms with van der Waals surface area (Å²) in [5.74, 6) is -1.18. The summed E-state index contributed by atoms with van der Waals surface area (Å²) in [6.45, 7) is 1.89. The van der Waals surface area contributed by atoms with Crippen LogP contribution in [-0.2, 0) is 11.4 Å². The Labute approximate surface area is 386 Å². The van der Waals surface area contributed by atoms with Gasteiger partial charge in [0.2, 0.25) is 0 Å². The number of nitrogens with zero attached hydrogens (tertiary/aromatic N) is 4. The second-order valence-electron chi connectivity index (χ2n) is 16.2. The Morgan fingerprint density at radius 3 is 2.03 bits per heavy atom. The first-order chi connectivity index (χ1) is 32.7. The number of amides is 1. The highest BCUT2D eigenvalue weighted by Gasteiger charge is 2.28. The normalized spacial score (nSPS) is 12.2. The molecule has 0 atom stereocenters. The summed E-state index contributed by atoms with van der Waals surface area (Å²) in [6.07, 6.45) is 0. The van der Waals surface area contributed by atoms with Crippen LogP contribution in [0.5, 0.6) is 11.5 Å². The van der Waals surface area contributed by atoms with E-state index in [0.29, 0.717) is 66.2 Å². The second kappa shape index (κ2) is 16.7. The van der Waals surface area contributed by atoms with Crippen molar-refractivity contribution in [1.29, 1.82) is 0 Å². The van der Waals surface area contributed by atoms with Crippen molar-refractivity contribution in [2.45, 2.75) is 13.5 Å². The van der Waals surface area contributed by atoms with Gasteiger partial charge in [0.05, 0.1) is 33.2 Å². The molecule has 1 heterocycles. The van der Waals surface area contributed by atoms with Crippen molar-refractivity contribution in [3.63, 3.8) is 0 Å². The Kier molecular flexibility index (Phi) is 10.2. The van der Waals surface area contributed by atoms with Crippen molar-refractivity contribution in [2.75, 3.05) is 10.8 Å². The van der Waals surface area contributed by atoms with Crippen molar-refractivity contribution < 1.29 is 24.6 Å². The fourth-order valence-corrected chi connectivity index (χ4v) is 8.84.